The van der Waals surface area contributed by atoms with Crippen LogP contribution in [0.25, 0.3) is 0 Å². The van der Waals surface area contributed by atoms with Gasteiger partial charge in [-0.1, -0.05) is 57.8 Å². The summed E-state index contributed by atoms with van der Waals surface area (Å²) in [5.41, 5.74) is 0.101. The Morgan fingerprint density at radius 2 is 1.24 bits per heavy atom. The van der Waals surface area contributed by atoms with E-state index < -0.39 is 9.28 Å². The zero-order valence-corrected chi connectivity index (χ0v) is 23.0. The van der Waals surface area contributed by atoms with Gasteiger partial charge in [-0.2, -0.15) is 0 Å². The van der Waals surface area contributed by atoms with Crippen LogP contribution in [0.4, 0.5) is 0 Å². The molecule has 4 atom stereocenters. The van der Waals surface area contributed by atoms with E-state index in [2.05, 4.69) is 6.92 Å². The van der Waals surface area contributed by atoms with Gasteiger partial charge >= 0.3 is 9.28 Å². The van der Waals surface area contributed by atoms with E-state index in [9.17, 15) is 5.11 Å². The molecule has 5 nitrogen and oxygen atoms in total. The smallest absolute Gasteiger partial charge is 0.351 e. The summed E-state index contributed by atoms with van der Waals surface area (Å²) in [5, 5.41) is 10.7. The first kappa shape index (κ1) is 27.1. The van der Waals surface area contributed by atoms with E-state index in [0.717, 1.165) is 38.5 Å². The molecule has 0 aromatic heterocycles. The normalized spacial score (nSPS) is 31.7. The molecule has 4 rings (SSSR count). The van der Waals surface area contributed by atoms with Crippen LogP contribution in [0.3, 0.4) is 0 Å². The maximum absolute atomic E-state index is 10.7. The van der Waals surface area contributed by atoms with Crippen LogP contribution in [0.5, 0.6) is 0 Å². The van der Waals surface area contributed by atoms with Crippen LogP contribution < -0.4 is 0 Å². The van der Waals surface area contributed by atoms with Gasteiger partial charge in [-0.3, -0.25) is 0 Å². The lowest BCUT2D eigenvalue weighted by molar-refractivity contribution is -0.115. The Hall–Kier alpha value is 0.0169. The van der Waals surface area contributed by atoms with Gasteiger partial charge in [-0.15, -0.1) is 0 Å². The Bertz CT molecular complexity index is 525. The molecule has 0 aromatic carbocycles. The Morgan fingerprint density at radius 1 is 0.706 bits per heavy atom. The Morgan fingerprint density at radius 3 is 1.76 bits per heavy atom. The molecular weight excluding hydrogens is 444 g/mol. The first-order valence-corrected chi connectivity index (χ1v) is 16.6. The highest BCUT2D eigenvalue weighted by Gasteiger charge is 2.38. The second-order valence-electron chi connectivity index (χ2n) is 11.6. The fraction of sp³-hybridized carbons (Fsp3) is 1.00. The summed E-state index contributed by atoms with van der Waals surface area (Å²) in [7, 11) is -1.98. The van der Waals surface area contributed by atoms with E-state index in [1.807, 2.05) is 0 Å². The molecule has 0 aromatic rings. The van der Waals surface area contributed by atoms with Gasteiger partial charge in [0.05, 0.1) is 24.0 Å². The lowest BCUT2D eigenvalue weighted by Gasteiger charge is -2.39. The standard InChI is InChI=1S/C28H52O5Si/c1-2-30-28(21-22-18-19-26(29)27(20-22)31-23-12-6-3-7-13-23)34(32-24-14-8-4-9-15-24)33-25-16-10-5-11-17-25/h22-29,34H,2-21H2,1H3. The molecule has 0 heterocycles. The average Bonchev–Trinajstić information content (AvgIpc) is 2.87. The predicted octanol–water partition coefficient (Wildman–Crippen LogP) is 6.12. The van der Waals surface area contributed by atoms with Gasteiger partial charge in [0.25, 0.3) is 0 Å². The fourth-order valence-electron chi connectivity index (χ4n) is 6.79. The quantitative estimate of drug-likeness (QED) is 0.349. The van der Waals surface area contributed by atoms with Gasteiger partial charge in [0.2, 0.25) is 0 Å². The SMILES string of the molecule is CCOC(CC1CCC(O)C(OC2CCCCC2)C1)[SiH](OC1CCCCC1)OC1CCCCC1. The summed E-state index contributed by atoms with van der Waals surface area (Å²) in [6.07, 6.45) is 23.4. The summed E-state index contributed by atoms with van der Waals surface area (Å²) in [4.78, 5) is 0. The van der Waals surface area contributed by atoms with E-state index in [-0.39, 0.29) is 17.9 Å². The van der Waals surface area contributed by atoms with Crippen LogP contribution in [-0.2, 0) is 18.3 Å². The third-order valence-electron chi connectivity index (χ3n) is 8.79. The minimum absolute atomic E-state index is 0.0113. The number of aliphatic hydroxyl groups excluding tert-OH is 1. The molecule has 4 aliphatic carbocycles. The molecule has 4 saturated carbocycles. The van der Waals surface area contributed by atoms with Crippen molar-refractivity contribution in [2.45, 2.75) is 165 Å². The summed E-state index contributed by atoms with van der Waals surface area (Å²) in [6.45, 7) is 2.83. The van der Waals surface area contributed by atoms with E-state index in [1.54, 1.807) is 0 Å². The molecule has 4 aliphatic rings. The third-order valence-corrected chi connectivity index (χ3v) is 11.2. The van der Waals surface area contributed by atoms with Crippen molar-refractivity contribution in [1.29, 1.82) is 0 Å². The molecule has 198 valence electrons. The summed E-state index contributed by atoms with van der Waals surface area (Å²) in [5.74, 6) is 0.522. The molecule has 4 fully saturated rings. The number of aliphatic hydroxyl groups is 1. The lowest BCUT2D eigenvalue weighted by Crippen LogP contribution is -2.47. The first-order valence-electron chi connectivity index (χ1n) is 15.0. The zero-order chi connectivity index (χ0) is 23.6. The zero-order valence-electron chi connectivity index (χ0n) is 21.8. The minimum atomic E-state index is -1.98. The van der Waals surface area contributed by atoms with Gasteiger partial charge in [-0.25, -0.2) is 0 Å². The van der Waals surface area contributed by atoms with Crippen LogP contribution in [0.2, 0.25) is 0 Å². The van der Waals surface area contributed by atoms with Gasteiger partial charge in [0.1, 0.15) is 0 Å². The van der Waals surface area contributed by atoms with E-state index in [4.69, 9.17) is 18.3 Å². The van der Waals surface area contributed by atoms with Crippen molar-refractivity contribution in [1.82, 2.24) is 0 Å². The van der Waals surface area contributed by atoms with Crippen molar-refractivity contribution in [3.05, 3.63) is 0 Å². The molecule has 0 bridgehead atoms. The second kappa shape index (κ2) is 14.7. The molecule has 0 saturated heterocycles. The van der Waals surface area contributed by atoms with Gasteiger partial charge in [-0.05, 0) is 77.0 Å². The van der Waals surface area contributed by atoms with Crippen molar-refractivity contribution in [2.24, 2.45) is 5.92 Å². The second-order valence-corrected chi connectivity index (χ2v) is 13.6. The van der Waals surface area contributed by atoms with Crippen molar-refractivity contribution < 1.29 is 23.4 Å². The minimum Gasteiger partial charge on any atom is -0.392 e. The van der Waals surface area contributed by atoms with Crippen molar-refractivity contribution in [3.8, 4) is 0 Å². The maximum Gasteiger partial charge on any atom is 0.351 e. The molecule has 6 heteroatoms. The van der Waals surface area contributed by atoms with Gasteiger partial charge < -0.3 is 23.4 Å². The predicted molar refractivity (Wildman–Crippen MR) is 138 cm³/mol. The third kappa shape index (κ3) is 8.55. The molecule has 4 unspecified atom stereocenters. The van der Waals surface area contributed by atoms with Gasteiger partial charge in [0.15, 0.2) is 0 Å². The van der Waals surface area contributed by atoms with Crippen LogP contribution in [-0.4, -0.2) is 57.2 Å². The summed E-state index contributed by atoms with van der Waals surface area (Å²) in [6, 6.07) is 0. The molecule has 34 heavy (non-hydrogen) atoms. The van der Waals surface area contributed by atoms with Crippen molar-refractivity contribution >= 4 is 9.28 Å². The first-order chi connectivity index (χ1) is 16.7. The Kier molecular flexibility index (Phi) is 11.7. The molecule has 0 radical (unpaired) electrons. The molecular formula is C28H52O5Si. The fourth-order valence-corrected chi connectivity index (χ4v) is 9.47. The van der Waals surface area contributed by atoms with Crippen LogP contribution in [0.15, 0.2) is 0 Å². The maximum atomic E-state index is 10.7. The van der Waals surface area contributed by atoms with Crippen molar-refractivity contribution in [2.75, 3.05) is 6.61 Å². The number of ether oxygens (including phenoxy) is 2. The molecule has 0 aliphatic heterocycles. The highest BCUT2D eigenvalue weighted by molar-refractivity contribution is 6.46. The van der Waals surface area contributed by atoms with Crippen LogP contribution in [0.1, 0.15) is 129 Å². The highest BCUT2D eigenvalue weighted by atomic mass is 28.3. The number of hydrogen-bond donors (Lipinski definition) is 1. The number of hydrogen-bond acceptors (Lipinski definition) is 5. The van der Waals surface area contributed by atoms with Crippen LogP contribution >= 0.6 is 0 Å². The molecule has 0 spiro atoms. The topological polar surface area (TPSA) is 57.2 Å². The largest absolute Gasteiger partial charge is 0.392 e. The van der Waals surface area contributed by atoms with E-state index in [0.29, 0.717) is 30.8 Å². The molecule has 0 amide bonds. The summed E-state index contributed by atoms with van der Waals surface area (Å²) >= 11 is 0. The van der Waals surface area contributed by atoms with Crippen LogP contribution in [0, 0.1) is 5.92 Å². The average molecular weight is 497 g/mol. The van der Waals surface area contributed by atoms with Gasteiger partial charge in [0, 0.05) is 18.8 Å². The Balaban J connectivity index is 1.37. The van der Waals surface area contributed by atoms with E-state index >= 15 is 0 Å². The monoisotopic (exact) mass is 496 g/mol. The lowest BCUT2D eigenvalue weighted by atomic mass is 9.83. The van der Waals surface area contributed by atoms with E-state index in [1.165, 1.54) is 83.5 Å². The summed E-state index contributed by atoms with van der Waals surface area (Å²) < 4.78 is 26.6. The number of rotatable bonds is 11. The Labute approximate surface area is 210 Å². The molecule has 1 N–H and O–H groups in total. The highest BCUT2D eigenvalue weighted by Crippen LogP contribution is 2.35. The van der Waals surface area contributed by atoms with Crippen molar-refractivity contribution in [3.63, 3.8) is 0 Å².